The van der Waals surface area contributed by atoms with Crippen LogP contribution < -0.4 is 10.6 Å². The maximum Gasteiger partial charge on any atom is 0.141 e. The zero-order chi connectivity index (χ0) is 31.9. The molecule has 1 fully saturated rings. The predicted octanol–water partition coefficient (Wildman–Crippen LogP) is 8.29. The minimum absolute atomic E-state index is 0.0344. The fourth-order valence-electron chi connectivity index (χ4n) is 5.71. The zero-order valence-electron chi connectivity index (χ0n) is 25.3. The number of aromatic nitrogens is 5. The smallest absolute Gasteiger partial charge is 0.141 e. The molecule has 0 spiro atoms. The largest absolute Gasteiger partial charge is 0.372 e. The quantitative estimate of drug-likeness (QED) is 0.179. The zero-order valence-corrected chi connectivity index (χ0v) is 27.6. The van der Waals surface area contributed by atoms with Crippen LogP contribution in [-0.4, -0.2) is 48.5 Å². The number of likely N-dealkylation sites (tertiary alicyclic amines) is 1. The minimum Gasteiger partial charge on any atom is -0.372 e. The van der Waals surface area contributed by atoms with Crippen molar-refractivity contribution >= 4 is 62.5 Å². The summed E-state index contributed by atoms with van der Waals surface area (Å²) in [6.07, 6.45) is 5.49. The molecule has 0 radical (unpaired) electrons. The Labute approximate surface area is 275 Å². The van der Waals surface area contributed by atoms with Crippen LogP contribution >= 0.6 is 34.5 Å². The highest BCUT2D eigenvalue weighted by atomic mass is 35.5. The van der Waals surface area contributed by atoms with Crippen molar-refractivity contribution in [1.82, 2.24) is 29.9 Å². The van der Waals surface area contributed by atoms with Gasteiger partial charge in [0.2, 0.25) is 0 Å². The van der Waals surface area contributed by atoms with Crippen LogP contribution in [0.4, 0.5) is 21.5 Å². The number of rotatable bonds is 7. The van der Waals surface area contributed by atoms with E-state index >= 15 is 0 Å². The van der Waals surface area contributed by atoms with E-state index in [0.717, 1.165) is 42.2 Å². The second kappa shape index (κ2) is 12.5. The molecule has 6 rings (SSSR count). The summed E-state index contributed by atoms with van der Waals surface area (Å²) in [6.45, 7) is 10.7. The molecule has 2 N–H and O–H groups in total. The standard InChI is InChI=1S/C32H32Cl2FN9S/c1-18-31(45-17-38-18)30(27-16-44(42-41-27)22-7-9-43(10-8-22)32(2,3)4)40-21-11-23-28(39-20-5-6-26(35)24(33)12-20)19(14-36)15-37-29(23)25(34)13-21/h5-6,11-13,15-17,22,30,40H,7-10H2,1-4H3,(H,37,39). The molecule has 9 nitrogen and oxygen atoms in total. The number of benzene rings is 2. The molecular weight excluding hydrogens is 632 g/mol. The van der Waals surface area contributed by atoms with Crippen molar-refractivity contribution in [3.05, 3.63) is 85.9 Å². The normalized spacial score (nSPS) is 15.2. The lowest BCUT2D eigenvalue weighted by Gasteiger charge is -2.40. The van der Waals surface area contributed by atoms with Crippen LogP contribution in [0.2, 0.25) is 10.0 Å². The topological polar surface area (TPSA) is 108 Å². The number of aryl methyl sites for hydroxylation is 1. The number of thiazole rings is 1. The Morgan fingerprint density at radius 1 is 1.09 bits per heavy atom. The van der Waals surface area contributed by atoms with Crippen molar-refractivity contribution in [2.75, 3.05) is 23.7 Å². The molecule has 1 atom stereocenters. The maximum atomic E-state index is 13.8. The fourth-order valence-corrected chi connectivity index (χ4v) is 7.02. The van der Waals surface area contributed by atoms with Gasteiger partial charge in [0.1, 0.15) is 23.6 Å². The Morgan fingerprint density at radius 2 is 1.84 bits per heavy atom. The van der Waals surface area contributed by atoms with Gasteiger partial charge < -0.3 is 10.6 Å². The van der Waals surface area contributed by atoms with Crippen LogP contribution in [0.1, 0.15) is 67.5 Å². The lowest BCUT2D eigenvalue weighted by atomic mass is 9.98. The van der Waals surface area contributed by atoms with E-state index in [9.17, 15) is 9.65 Å². The van der Waals surface area contributed by atoms with E-state index < -0.39 is 5.82 Å². The Morgan fingerprint density at radius 3 is 2.51 bits per heavy atom. The van der Waals surface area contributed by atoms with Crippen LogP contribution in [-0.2, 0) is 0 Å². The van der Waals surface area contributed by atoms with E-state index in [-0.39, 0.29) is 22.6 Å². The van der Waals surface area contributed by atoms with Crippen molar-refractivity contribution in [1.29, 1.82) is 5.26 Å². The van der Waals surface area contributed by atoms with Gasteiger partial charge in [-0.1, -0.05) is 28.4 Å². The first-order valence-electron chi connectivity index (χ1n) is 14.6. The second-order valence-corrected chi connectivity index (χ2v) is 13.9. The summed E-state index contributed by atoms with van der Waals surface area (Å²) in [5.41, 5.74) is 6.11. The van der Waals surface area contributed by atoms with Gasteiger partial charge in [-0.15, -0.1) is 16.4 Å². The highest BCUT2D eigenvalue weighted by Crippen LogP contribution is 2.38. The Kier molecular flexibility index (Phi) is 8.68. The number of fused-ring (bicyclic) bond motifs is 1. The summed E-state index contributed by atoms with van der Waals surface area (Å²) < 4.78 is 15.8. The number of anilines is 3. The van der Waals surface area contributed by atoms with Gasteiger partial charge in [0.25, 0.3) is 0 Å². The van der Waals surface area contributed by atoms with Gasteiger partial charge in [-0.3, -0.25) is 9.88 Å². The van der Waals surface area contributed by atoms with Gasteiger partial charge in [-0.05, 0) is 70.9 Å². The van der Waals surface area contributed by atoms with Crippen molar-refractivity contribution in [3.8, 4) is 6.07 Å². The molecule has 1 saturated heterocycles. The van der Waals surface area contributed by atoms with E-state index in [1.54, 1.807) is 12.1 Å². The van der Waals surface area contributed by atoms with Crippen LogP contribution in [0.5, 0.6) is 0 Å². The molecular formula is C32H32Cl2FN9S. The number of nitrogens with zero attached hydrogens (tertiary/aromatic N) is 7. The van der Waals surface area contributed by atoms with E-state index in [2.05, 4.69) is 62.7 Å². The molecule has 1 unspecified atom stereocenters. The summed E-state index contributed by atoms with van der Waals surface area (Å²) in [4.78, 5) is 12.5. The van der Waals surface area contributed by atoms with Gasteiger partial charge in [-0.2, -0.15) is 5.26 Å². The van der Waals surface area contributed by atoms with Gasteiger partial charge in [-0.25, -0.2) is 14.1 Å². The SMILES string of the molecule is Cc1ncsc1C(Nc1cc(Cl)c2ncc(C#N)c(Nc3ccc(F)c(Cl)c3)c2c1)c1cn(C2CCN(C(C)(C)C)CC2)nn1. The average molecular weight is 665 g/mol. The monoisotopic (exact) mass is 663 g/mol. The number of hydrogen-bond acceptors (Lipinski definition) is 9. The molecule has 45 heavy (non-hydrogen) atoms. The number of pyridine rings is 1. The van der Waals surface area contributed by atoms with Gasteiger partial charge in [0.05, 0.1) is 55.1 Å². The molecule has 3 aromatic heterocycles. The van der Waals surface area contributed by atoms with Crippen LogP contribution in [0.15, 0.2) is 48.2 Å². The summed E-state index contributed by atoms with van der Waals surface area (Å²) in [5.74, 6) is -0.534. The summed E-state index contributed by atoms with van der Waals surface area (Å²) in [5, 5.41) is 26.9. The van der Waals surface area contributed by atoms with Gasteiger partial charge in [0, 0.05) is 41.6 Å². The molecule has 13 heteroatoms. The molecule has 0 saturated carbocycles. The molecule has 232 valence electrons. The second-order valence-electron chi connectivity index (χ2n) is 12.2. The molecule has 0 aliphatic carbocycles. The minimum atomic E-state index is -0.534. The molecule has 5 aromatic rings. The van der Waals surface area contributed by atoms with Gasteiger partial charge in [0.15, 0.2) is 0 Å². The first kappa shape index (κ1) is 31.2. The molecule has 1 aliphatic heterocycles. The Balaban J connectivity index is 1.35. The molecule has 2 aromatic carbocycles. The highest BCUT2D eigenvalue weighted by molar-refractivity contribution is 7.09. The van der Waals surface area contributed by atoms with E-state index in [4.69, 9.17) is 23.2 Å². The first-order chi connectivity index (χ1) is 21.5. The summed E-state index contributed by atoms with van der Waals surface area (Å²) in [6, 6.07) is 10.1. The third kappa shape index (κ3) is 6.47. The van der Waals surface area contributed by atoms with Gasteiger partial charge >= 0.3 is 0 Å². The van der Waals surface area contributed by atoms with Crippen LogP contribution in [0.3, 0.4) is 0 Å². The third-order valence-electron chi connectivity index (χ3n) is 8.20. The van der Waals surface area contributed by atoms with E-state index in [1.165, 1.54) is 29.7 Å². The van der Waals surface area contributed by atoms with Crippen molar-refractivity contribution in [2.24, 2.45) is 0 Å². The molecule has 0 amide bonds. The number of halogens is 3. The summed E-state index contributed by atoms with van der Waals surface area (Å²) in [7, 11) is 0. The molecule has 0 bridgehead atoms. The average Bonchev–Trinajstić information content (AvgIpc) is 3.67. The van der Waals surface area contributed by atoms with Crippen LogP contribution in [0, 0.1) is 24.1 Å². The molecule has 1 aliphatic rings. The Hall–Kier alpha value is -3.82. The van der Waals surface area contributed by atoms with Crippen molar-refractivity contribution in [2.45, 2.75) is 58.2 Å². The number of hydrogen-bond donors (Lipinski definition) is 2. The fraction of sp³-hybridized carbons (Fsp3) is 0.344. The third-order valence-corrected chi connectivity index (χ3v) is 9.77. The number of nitriles is 1. The van der Waals surface area contributed by atoms with Crippen LogP contribution in [0.25, 0.3) is 10.9 Å². The van der Waals surface area contributed by atoms with E-state index in [1.807, 2.05) is 29.4 Å². The highest BCUT2D eigenvalue weighted by Gasteiger charge is 2.29. The first-order valence-corrected chi connectivity index (χ1v) is 16.2. The Bertz CT molecular complexity index is 1900. The van der Waals surface area contributed by atoms with Crippen molar-refractivity contribution in [3.63, 3.8) is 0 Å². The predicted molar refractivity (Wildman–Crippen MR) is 178 cm³/mol. The lowest BCUT2D eigenvalue weighted by Crippen LogP contribution is -2.46. The number of nitrogens with one attached hydrogen (secondary N) is 2. The molecule has 4 heterocycles. The van der Waals surface area contributed by atoms with Crippen molar-refractivity contribution < 1.29 is 4.39 Å². The van der Waals surface area contributed by atoms with E-state index in [0.29, 0.717) is 38.6 Å². The maximum absolute atomic E-state index is 13.8. The summed E-state index contributed by atoms with van der Waals surface area (Å²) >= 11 is 14.4. The lowest BCUT2D eigenvalue weighted by molar-refractivity contribution is 0.0866. The number of piperidine rings is 1.